The number of hydroxylamine groups is 1. The van der Waals surface area contributed by atoms with Gasteiger partial charge in [-0.15, -0.1) is 0 Å². The van der Waals surface area contributed by atoms with Gasteiger partial charge in [-0.2, -0.15) is 10.4 Å². The van der Waals surface area contributed by atoms with E-state index < -0.39 is 0 Å². The van der Waals surface area contributed by atoms with Gasteiger partial charge < -0.3 is 5.73 Å². The van der Waals surface area contributed by atoms with Gasteiger partial charge in [-0.3, -0.25) is 0 Å². The molecule has 11 heteroatoms. The normalized spacial score (nSPS) is 12.8. The first kappa shape index (κ1) is 17.6. The van der Waals surface area contributed by atoms with Crippen molar-refractivity contribution in [3.63, 3.8) is 0 Å². The van der Waals surface area contributed by atoms with Gasteiger partial charge in [0.15, 0.2) is 0 Å². The van der Waals surface area contributed by atoms with Crippen LogP contribution in [0.15, 0.2) is 0 Å². The third-order valence-corrected chi connectivity index (χ3v) is 1.74. The second kappa shape index (κ2) is 14.6. The van der Waals surface area contributed by atoms with Crippen LogP contribution in [0.5, 0.6) is 0 Å². The van der Waals surface area contributed by atoms with Crippen molar-refractivity contribution in [3.8, 4) is 0 Å². The van der Waals surface area contributed by atoms with Crippen molar-refractivity contribution in [1.82, 2.24) is 11.1 Å². The van der Waals surface area contributed by atoms with Gasteiger partial charge >= 0.3 is 0 Å². The number of nitrogens with one attached hydrogen (secondary N) is 2. The van der Waals surface area contributed by atoms with Crippen LogP contribution in [0, 0.1) is 5.92 Å². The summed E-state index contributed by atoms with van der Waals surface area (Å²) >= 11 is 0. The zero-order valence-corrected chi connectivity index (χ0v) is 10.2. The number of nitrogens with two attached hydrogens (primary N) is 1. The second-order valence-corrected chi connectivity index (χ2v) is 2.87. The Morgan fingerprint density at radius 3 is 2.44 bits per heavy atom. The first-order valence-electron chi connectivity index (χ1n) is 5.30. The quantitative estimate of drug-likeness (QED) is 0.216. The topological polar surface area (TPSA) is 124 Å². The minimum Gasteiger partial charge on any atom is -0.330 e. The molecule has 0 heterocycles. The molecule has 0 bridgehead atoms. The Hall–Kier alpha value is -0.440. The summed E-state index contributed by atoms with van der Waals surface area (Å²) in [4.78, 5) is 12.9. The van der Waals surface area contributed by atoms with E-state index in [1.54, 1.807) is 6.92 Å². The van der Waals surface area contributed by atoms with Crippen LogP contribution < -0.4 is 16.9 Å². The standard InChI is InChI=1S/C7H19N3O8/c1-3-7(5-8)6-9-12-10-13-15-17-18-16-14-11-4-2/h7,9-10H,3-6,8H2,1-2H3. The highest BCUT2D eigenvalue weighted by Crippen LogP contribution is 1.96. The third kappa shape index (κ3) is 12.0. The summed E-state index contributed by atoms with van der Waals surface area (Å²) in [6, 6.07) is 0. The van der Waals surface area contributed by atoms with Crippen LogP contribution in [0.3, 0.4) is 0 Å². The molecule has 0 aliphatic heterocycles. The minimum absolute atomic E-state index is 0.267. The van der Waals surface area contributed by atoms with Gasteiger partial charge in [0, 0.05) is 6.54 Å². The zero-order valence-electron chi connectivity index (χ0n) is 10.2. The molecule has 0 aliphatic carbocycles. The zero-order chi connectivity index (χ0) is 13.5. The summed E-state index contributed by atoms with van der Waals surface area (Å²) in [6.45, 7) is 5.06. The summed E-state index contributed by atoms with van der Waals surface area (Å²) in [7, 11) is 0. The number of rotatable bonds is 14. The predicted molar refractivity (Wildman–Crippen MR) is 53.2 cm³/mol. The van der Waals surface area contributed by atoms with E-state index >= 15 is 0 Å². The highest BCUT2D eigenvalue weighted by atomic mass is 17.9. The summed E-state index contributed by atoms with van der Waals surface area (Å²) < 4.78 is 0. The summed E-state index contributed by atoms with van der Waals surface area (Å²) in [5.41, 5.74) is 9.89. The summed E-state index contributed by atoms with van der Waals surface area (Å²) in [5, 5.41) is 19.2. The largest absolute Gasteiger partial charge is 0.330 e. The third-order valence-electron chi connectivity index (χ3n) is 1.74. The Bertz CT molecular complexity index is 162. The fourth-order valence-electron chi connectivity index (χ4n) is 0.730. The first-order chi connectivity index (χ1) is 8.85. The maximum atomic E-state index is 5.47. The van der Waals surface area contributed by atoms with E-state index in [1.807, 2.05) is 12.6 Å². The van der Waals surface area contributed by atoms with Crippen molar-refractivity contribution in [1.29, 1.82) is 0 Å². The molecule has 18 heavy (non-hydrogen) atoms. The van der Waals surface area contributed by atoms with Crippen LogP contribution >= 0.6 is 0 Å². The van der Waals surface area contributed by atoms with Crippen LogP contribution in [0.4, 0.5) is 0 Å². The molecule has 0 rings (SSSR count). The lowest BCUT2D eigenvalue weighted by atomic mass is 10.1. The Labute approximate surface area is 104 Å². The Kier molecular flexibility index (Phi) is 14.3. The molecule has 0 amide bonds. The number of hydrogen-bond acceptors (Lipinski definition) is 11. The lowest BCUT2D eigenvalue weighted by molar-refractivity contribution is -0.797. The predicted octanol–water partition coefficient (Wildman–Crippen LogP) is -0.462. The van der Waals surface area contributed by atoms with Crippen molar-refractivity contribution in [2.45, 2.75) is 20.3 Å². The SMILES string of the molecule is CCOOOOOOONONCC(CC)CN. The average Bonchev–Trinajstić information content (AvgIpc) is 2.40. The first-order valence-corrected chi connectivity index (χ1v) is 5.30. The van der Waals surface area contributed by atoms with Gasteiger partial charge in [0.25, 0.3) is 0 Å². The highest BCUT2D eigenvalue weighted by Gasteiger charge is 2.02. The summed E-state index contributed by atoms with van der Waals surface area (Å²) in [5.74, 6) is 0.302. The Morgan fingerprint density at radius 1 is 1.06 bits per heavy atom. The van der Waals surface area contributed by atoms with E-state index in [-0.39, 0.29) is 6.61 Å². The lowest BCUT2D eigenvalue weighted by Crippen LogP contribution is -2.32. The molecule has 0 aliphatic rings. The second-order valence-electron chi connectivity index (χ2n) is 2.87. The fourth-order valence-corrected chi connectivity index (χ4v) is 0.730. The molecule has 0 aromatic heterocycles. The molecule has 0 saturated heterocycles. The Balaban J connectivity index is 3.03. The molecule has 0 saturated carbocycles. The van der Waals surface area contributed by atoms with E-state index in [0.29, 0.717) is 19.0 Å². The smallest absolute Gasteiger partial charge is 0.0826 e. The molecule has 0 aromatic rings. The van der Waals surface area contributed by atoms with Crippen molar-refractivity contribution in [3.05, 3.63) is 0 Å². The van der Waals surface area contributed by atoms with Gasteiger partial charge in [-0.25, -0.2) is 4.89 Å². The molecule has 4 N–H and O–H groups in total. The van der Waals surface area contributed by atoms with Crippen molar-refractivity contribution < 1.29 is 40.0 Å². The van der Waals surface area contributed by atoms with Gasteiger partial charge in [0.05, 0.1) is 6.61 Å². The molecular weight excluding hydrogens is 254 g/mol. The molecule has 110 valence electrons. The molecule has 1 atom stereocenters. The minimum atomic E-state index is 0.267. The highest BCUT2D eigenvalue weighted by molar-refractivity contribution is 4.56. The molecular formula is C7H19N3O8. The van der Waals surface area contributed by atoms with Crippen LogP contribution in [0.1, 0.15) is 20.3 Å². The van der Waals surface area contributed by atoms with E-state index in [4.69, 9.17) is 5.73 Å². The van der Waals surface area contributed by atoms with E-state index in [9.17, 15) is 0 Å². The van der Waals surface area contributed by atoms with Crippen molar-refractivity contribution in [2.24, 2.45) is 11.7 Å². The van der Waals surface area contributed by atoms with Crippen LogP contribution in [0.25, 0.3) is 0 Å². The van der Waals surface area contributed by atoms with E-state index in [0.717, 1.165) is 6.42 Å². The Morgan fingerprint density at radius 2 is 1.78 bits per heavy atom. The van der Waals surface area contributed by atoms with Gasteiger partial charge in [-0.1, -0.05) is 18.3 Å². The van der Waals surface area contributed by atoms with Gasteiger partial charge in [0.2, 0.25) is 0 Å². The van der Waals surface area contributed by atoms with Crippen LogP contribution in [0.2, 0.25) is 0 Å². The van der Waals surface area contributed by atoms with Crippen LogP contribution in [-0.4, -0.2) is 19.7 Å². The maximum absolute atomic E-state index is 5.47. The maximum Gasteiger partial charge on any atom is 0.0826 e. The van der Waals surface area contributed by atoms with E-state index in [1.165, 1.54) is 0 Å². The molecule has 0 fully saturated rings. The fraction of sp³-hybridized carbons (Fsp3) is 1.00. The lowest BCUT2D eigenvalue weighted by Gasteiger charge is -2.11. The molecule has 0 radical (unpaired) electrons. The monoisotopic (exact) mass is 273 g/mol. The molecule has 11 nitrogen and oxygen atoms in total. The average molecular weight is 273 g/mol. The van der Waals surface area contributed by atoms with Crippen molar-refractivity contribution >= 4 is 0 Å². The van der Waals surface area contributed by atoms with Gasteiger partial charge in [-0.05, 0) is 50.2 Å². The van der Waals surface area contributed by atoms with Crippen molar-refractivity contribution in [2.75, 3.05) is 19.7 Å². The molecule has 0 spiro atoms. The van der Waals surface area contributed by atoms with Crippen LogP contribution in [-0.2, 0) is 40.0 Å². The van der Waals surface area contributed by atoms with E-state index in [2.05, 4.69) is 45.5 Å². The van der Waals surface area contributed by atoms with Gasteiger partial charge in [0.1, 0.15) is 0 Å². The summed E-state index contributed by atoms with van der Waals surface area (Å²) in [6.07, 6.45) is 0.929. The molecule has 0 aromatic carbocycles. The number of hydrogen-bond donors (Lipinski definition) is 3. The molecule has 1 unspecified atom stereocenters.